The summed E-state index contributed by atoms with van der Waals surface area (Å²) in [5.74, 6) is -0.260. The summed E-state index contributed by atoms with van der Waals surface area (Å²) in [6, 6.07) is 0. The molecule has 0 amide bonds. The second-order valence-electron chi connectivity index (χ2n) is 4.27. The molecule has 0 aromatic heterocycles. The molecule has 5 heteroatoms. The average molecular weight is 247 g/mol. The van der Waals surface area contributed by atoms with Crippen LogP contribution in [0.1, 0.15) is 26.7 Å². The van der Waals surface area contributed by atoms with Crippen LogP contribution in [0.25, 0.3) is 0 Å². The molecule has 0 bridgehead atoms. The van der Waals surface area contributed by atoms with Crippen LogP contribution in [-0.2, 0) is 14.3 Å². The number of carbonyl (C=O) groups excluding carboxylic acids is 1. The van der Waals surface area contributed by atoms with Crippen LogP contribution < -0.4 is 0 Å². The van der Waals surface area contributed by atoms with Gasteiger partial charge in [-0.3, -0.25) is 4.79 Å². The van der Waals surface area contributed by atoms with Crippen molar-refractivity contribution >= 4 is 5.97 Å². The Hall–Kier alpha value is -0.650. The molecule has 1 N–H and O–H groups in total. The molecule has 0 heterocycles. The molecule has 17 heavy (non-hydrogen) atoms. The third kappa shape index (κ3) is 11.6. The van der Waals surface area contributed by atoms with E-state index in [2.05, 4.69) is 4.90 Å². The van der Waals surface area contributed by atoms with Crippen molar-refractivity contribution in [1.29, 1.82) is 0 Å². The van der Waals surface area contributed by atoms with Crippen molar-refractivity contribution in [2.45, 2.75) is 32.8 Å². The van der Waals surface area contributed by atoms with E-state index in [-0.39, 0.29) is 25.3 Å². The molecule has 0 spiro atoms. The maximum atomic E-state index is 11.1. The fourth-order valence-electron chi connectivity index (χ4n) is 1.28. The molecule has 0 unspecified atom stereocenters. The smallest absolute Gasteiger partial charge is 0.307 e. The Balaban J connectivity index is 3.39. The van der Waals surface area contributed by atoms with E-state index < -0.39 is 0 Å². The van der Waals surface area contributed by atoms with E-state index in [0.717, 1.165) is 19.6 Å². The van der Waals surface area contributed by atoms with Gasteiger partial charge in [0, 0.05) is 19.7 Å². The molecule has 0 aliphatic rings. The minimum atomic E-state index is -0.260. The minimum absolute atomic E-state index is 0.0881. The lowest BCUT2D eigenvalue weighted by Crippen LogP contribution is -2.25. The van der Waals surface area contributed by atoms with E-state index >= 15 is 0 Å². The highest BCUT2D eigenvalue weighted by Gasteiger charge is 2.05. The van der Waals surface area contributed by atoms with Gasteiger partial charge < -0.3 is 19.5 Å². The predicted molar refractivity (Wildman–Crippen MR) is 65.9 cm³/mol. The lowest BCUT2D eigenvalue weighted by molar-refractivity contribution is -0.144. The van der Waals surface area contributed by atoms with Gasteiger partial charge >= 0.3 is 5.97 Å². The Morgan fingerprint density at radius 3 is 2.59 bits per heavy atom. The number of nitrogens with zero attached hydrogens (tertiary/aromatic N) is 1. The van der Waals surface area contributed by atoms with Gasteiger partial charge in [0.2, 0.25) is 0 Å². The molecule has 5 nitrogen and oxygen atoms in total. The fraction of sp³-hybridized carbons (Fsp3) is 0.917. The number of hydrogen-bond acceptors (Lipinski definition) is 5. The minimum Gasteiger partial charge on any atom is -0.463 e. The Labute approximate surface area is 104 Å². The zero-order chi connectivity index (χ0) is 13.1. The second-order valence-corrected chi connectivity index (χ2v) is 4.27. The molecular weight excluding hydrogens is 222 g/mol. The molecule has 0 saturated heterocycles. The van der Waals surface area contributed by atoms with E-state index in [1.54, 1.807) is 0 Å². The lowest BCUT2D eigenvalue weighted by atomic mass is 10.3. The Morgan fingerprint density at radius 2 is 2.00 bits per heavy atom. The first kappa shape index (κ1) is 16.4. The summed E-state index contributed by atoms with van der Waals surface area (Å²) >= 11 is 0. The first-order chi connectivity index (χ1) is 8.06. The summed E-state index contributed by atoms with van der Waals surface area (Å²) < 4.78 is 10.2. The summed E-state index contributed by atoms with van der Waals surface area (Å²) in [4.78, 5) is 13.2. The summed E-state index contributed by atoms with van der Waals surface area (Å²) in [5, 5.41) is 8.48. The zero-order valence-corrected chi connectivity index (χ0v) is 11.1. The van der Waals surface area contributed by atoms with Crippen LogP contribution in [0.4, 0.5) is 0 Å². The summed E-state index contributed by atoms with van der Waals surface area (Å²) in [6.45, 7) is 6.32. The van der Waals surface area contributed by atoms with Gasteiger partial charge in [-0.1, -0.05) is 0 Å². The van der Waals surface area contributed by atoms with Crippen LogP contribution in [0, 0.1) is 0 Å². The van der Waals surface area contributed by atoms with Gasteiger partial charge in [-0.05, 0) is 27.3 Å². The highest BCUT2D eigenvalue weighted by Crippen LogP contribution is 1.95. The van der Waals surface area contributed by atoms with Crippen molar-refractivity contribution in [2.24, 2.45) is 0 Å². The Kier molecular flexibility index (Phi) is 10.1. The quantitative estimate of drug-likeness (QED) is 0.454. The SMILES string of the molecule is CC(C)OCCCN(C)CCC(=O)OCCO. The van der Waals surface area contributed by atoms with Crippen molar-refractivity contribution in [2.75, 3.05) is 40.0 Å². The molecule has 0 rings (SSSR count). The van der Waals surface area contributed by atoms with E-state index in [9.17, 15) is 4.79 Å². The van der Waals surface area contributed by atoms with Gasteiger partial charge in [0.25, 0.3) is 0 Å². The summed E-state index contributed by atoms with van der Waals surface area (Å²) in [6.07, 6.45) is 1.59. The fourth-order valence-corrected chi connectivity index (χ4v) is 1.28. The monoisotopic (exact) mass is 247 g/mol. The molecule has 0 fully saturated rings. The zero-order valence-electron chi connectivity index (χ0n) is 11.1. The normalized spacial score (nSPS) is 11.2. The number of rotatable bonds is 10. The molecule has 0 aromatic rings. The highest BCUT2D eigenvalue weighted by molar-refractivity contribution is 5.69. The molecular formula is C12H25NO4. The number of hydrogen-bond donors (Lipinski definition) is 1. The Bertz CT molecular complexity index is 197. The number of aliphatic hydroxyl groups is 1. The summed E-state index contributed by atoms with van der Waals surface area (Å²) in [5.41, 5.74) is 0. The van der Waals surface area contributed by atoms with E-state index in [4.69, 9.17) is 14.6 Å². The van der Waals surface area contributed by atoms with Gasteiger partial charge in [-0.25, -0.2) is 0 Å². The maximum absolute atomic E-state index is 11.1. The molecule has 0 aliphatic carbocycles. The molecule has 0 radical (unpaired) electrons. The topological polar surface area (TPSA) is 59.0 Å². The molecule has 0 aliphatic heterocycles. The van der Waals surface area contributed by atoms with Gasteiger partial charge in [0.1, 0.15) is 6.61 Å². The van der Waals surface area contributed by atoms with E-state index in [0.29, 0.717) is 13.0 Å². The van der Waals surface area contributed by atoms with Crippen LogP contribution in [0.15, 0.2) is 0 Å². The summed E-state index contributed by atoms with van der Waals surface area (Å²) in [7, 11) is 1.97. The van der Waals surface area contributed by atoms with Gasteiger partial charge in [-0.2, -0.15) is 0 Å². The van der Waals surface area contributed by atoms with E-state index in [1.807, 2.05) is 20.9 Å². The van der Waals surface area contributed by atoms with E-state index in [1.165, 1.54) is 0 Å². The highest BCUT2D eigenvalue weighted by atomic mass is 16.5. The molecule has 0 aromatic carbocycles. The van der Waals surface area contributed by atoms with Crippen LogP contribution in [0.3, 0.4) is 0 Å². The third-order valence-electron chi connectivity index (χ3n) is 2.19. The number of carbonyl (C=O) groups is 1. The van der Waals surface area contributed by atoms with Crippen LogP contribution >= 0.6 is 0 Å². The number of aliphatic hydroxyl groups excluding tert-OH is 1. The first-order valence-corrected chi connectivity index (χ1v) is 6.13. The molecule has 102 valence electrons. The standard InChI is InChI=1S/C12H25NO4/c1-11(2)16-9-4-6-13(3)7-5-12(15)17-10-8-14/h11,14H,4-10H2,1-3H3. The Morgan fingerprint density at radius 1 is 1.29 bits per heavy atom. The van der Waals surface area contributed by atoms with Crippen molar-refractivity contribution in [3.05, 3.63) is 0 Å². The van der Waals surface area contributed by atoms with Crippen LogP contribution in [-0.4, -0.2) is 62.0 Å². The lowest BCUT2D eigenvalue weighted by Gasteiger charge is -2.16. The van der Waals surface area contributed by atoms with Crippen molar-refractivity contribution in [3.8, 4) is 0 Å². The largest absolute Gasteiger partial charge is 0.463 e. The van der Waals surface area contributed by atoms with Gasteiger partial charge in [0.05, 0.1) is 19.1 Å². The van der Waals surface area contributed by atoms with Crippen molar-refractivity contribution < 1.29 is 19.4 Å². The first-order valence-electron chi connectivity index (χ1n) is 6.13. The molecule has 0 saturated carbocycles. The van der Waals surface area contributed by atoms with Gasteiger partial charge in [-0.15, -0.1) is 0 Å². The number of esters is 1. The van der Waals surface area contributed by atoms with Crippen molar-refractivity contribution in [3.63, 3.8) is 0 Å². The number of ether oxygens (including phenoxy) is 2. The van der Waals surface area contributed by atoms with Crippen LogP contribution in [0.5, 0.6) is 0 Å². The van der Waals surface area contributed by atoms with Crippen molar-refractivity contribution in [1.82, 2.24) is 4.90 Å². The van der Waals surface area contributed by atoms with Gasteiger partial charge in [0.15, 0.2) is 0 Å². The second kappa shape index (κ2) is 10.5. The average Bonchev–Trinajstić information content (AvgIpc) is 2.29. The third-order valence-corrected chi connectivity index (χ3v) is 2.19. The predicted octanol–water partition coefficient (Wildman–Crippen LogP) is 0.659. The maximum Gasteiger partial charge on any atom is 0.307 e. The van der Waals surface area contributed by atoms with Crippen LogP contribution in [0.2, 0.25) is 0 Å². The molecule has 0 atom stereocenters.